The predicted octanol–water partition coefficient (Wildman–Crippen LogP) is 1.99. The fourth-order valence-corrected chi connectivity index (χ4v) is 4.84. The summed E-state index contributed by atoms with van der Waals surface area (Å²) in [5.41, 5.74) is 0. The number of hydrogen-bond acceptors (Lipinski definition) is 3. The lowest BCUT2D eigenvalue weighted by Crippen LogP contribution is -2.34. The van der Waals surface area contributed by atoms with Crippen LogP contribution in [0.2, 0.25) is 0 Å². The molecule has 1 aromatic carbocycles. The molecule has 18 heavy (non-hydrogen) atoms. The van der Waals surface area contributed by atoms with E-state index in [4.69, 9.17) is 0 Å². The molecule has 1 aliphatic carbocycles. The zero-order valence-electron chi connectivity index (χ0n) is 10.6. The minimum Gasteiger partial charge on any atom is -0.317 e. The Hall–Kier alpha value is -0.940. The van der Waals surface area contributed by atoms with Crippen molar-refractivity contribution in [3.63, 3.8) is 0 Å². The third-order valence-corrected chi connectivity index (χ3v) is 6.29. The van der Waals surface area contributed by atoms with Crippen molar-refractivity contribution in [1.82, 2.24) is 5.32 Å². The second-order valence-corrected chi connectivity index (χ2v) is 7.04. The number of rotatable bonds is 3. The van der Waals surface area contributed by atoms with Crippen molar-refractivity contribution in [2.24, 2.45) is 5.92 Å². The van der Waals surface area contributed by atoms with Crippen molar-refractivity contribution in [2.75, 3.05) is 7.05 Å². The van der Waals surface area contributed by atoms with Gasteiger partial charge in [0, 0.05) is 6.04 Å². The topological polar surface area (TPSA) is 46.2 Å². The molecule has 0 aliphatic heterocycles. The molecular weight excluding hydrogens is 253 g/mol. The largest absolute Gasteiger partial charge is 0.317 e. The van der Waals surface area contributed by atoms with Crippen LogP contribution in [0.25, 0.3) is 0 Å². The van der Waals surface area contributed by atoms with Crippen LogP contribution in [-0.4, -0.2) is 26.8 Å². The van der Waals surface area contributed by atoms with Crippen molar-refractivity contribution >= 4 is 9.84 Å². The summed E-state index contributed by atoms with van der Waals surface area (Å²) in [7, 11) is -1.50. The van der Waals surface area contributed by atoms with E-state index in [1.807, 2.05) is 14.0 Å². The van der Waals surface area contributed by atoms with E-state index in [0.29, 0.717) is 6.42 Å². The second-order valence-electron chi connectivity index (χ2n) is 4.87. The van der Waals surface area contributed by atoms with E-state index in [2.05, 4.69) is 5.32 Å². The van der Waals surface area contributed by atoms with Gasteiger partial charge in [-0.05, 0) is 50.1 Å². The molecule has 1 saturated carbocycles. The Morgan fingerprint density at radius 1 is 1.22 bits per heavy atom. The molecule has 1 N–H and O–H groups in total. The average Bonchev–Trinajstić information content (AvgIpc) is 2.71. The van der Waals surface area contributed by atoms with Gasteiger partial charge in [-0.1, -0.05) is 6.92 Å². The summed E-state index contributed by atoms with van der Waals surface area (Å²) in [6.07, 6.45) is 1.52. The zero-order chi connectivity index (χ0) is 13.3. The van der Waals surface area contributed by atoms with Crippen LogP contribution in [0.3, 0.4) is 0 Å². The van der Waals surface area contributed by atoms with Gasteiger partial charge in [0.05, 0.1) is 10.1 Å². The quantitative estimate of drug-likeness (QED) is 0.855. The molecule has 3 unspecified atom stereocenters. The molecule has 2 rings (SSSR count). The highest BCUT2D eigenvalue weighted by atomic mass is 32.2. The fraction of sp³-hybridized carbons (Fsp3) is 0.538. The van der Waals surface area contributed by atoms with Crippen LogP contribution in [-0.2, 0) is 9.84 Å². The van der Waals surface area contributed by atoms with Crippen molar-refractivity contribution in [3.05, 3.63) is 30.1 Å². The zero-order valence-corrected chi connectivity index (χ0v) is 11.4. The molecule has 0 bridgehead atoms. The number of hydrogen-bond donors (Lipinski definition) is 1. The van der Waals surface area contributed by atoms with Crippen molar-refractivity contribution < 1.29 is 12.8 Å². The van der Waals surface area contributed by atoms with E-state index < -0.39 is 15.7 Å². The number of benzene rings is 1. The monoisotopic (exact) mass is 271 g/mol. The Balaban J connectivity index is 2.30. The molecule has 0 spiro atoms. The Morgan fingerprint density at radius 2 is 1.83 bits per heavy atom. The number of halogens is 1. The Bertz CT molecular complexity index is 512. The van der Waals surface area contributed by atoms with E-state index >= 15 is 0 Å². The highest BCUT2D eigenvalue weighted by Gasteiger charge is 2.40. The minimum atomic E-state index is -3.35. The first-order valence-electron chi connectivity index (χ1n) is 6.13. The lowest BCUT2D eigenvalue weighted by molar-refractivity contribution is 0.453. The number of nitrogens with one attached hydrogen (secondary N) is 1. The van der Waals surface area contributed by atoms with Crippen LogP contribution < -0.4 is 5.32 Å². The Labute approximate surface area is 107 Å². The molecule has 0 amide bonds. The van der Waals surface area contributed by atoms with E-state index in [1.165, 1.54) is 24.3 Å². The van der Waals surface area contributed by atoms with E-state index in [9.17, 15) is 12.8 Å². The first-order valence-corrected chi connectivity index (χ1v) is 7.68. The first kappa shape index (κ1) is 13.5. The molecule has 0 saturated heterocycles. The van der Waals surface area contributed by atoms with Crippen molar-refractivity contribution in [1.29, 1.82) is 0 Å². The lowest BCUT2D eigenvalue weighted by atomic mass is 10.1. The first-order chi connectivity index (χ1) is 8.46. The van der Waals surface area contributed by atoms with Gasteiger partial charge < -0.3 is 5.32 Å². The smallest absolute Gasteiger partial charge is 0.181 e. The van der Waals surface area contributed by atoms with Gasteiger partial charge in [-0.2, -0.15) is 0 Å². The minimum absolute atomic E-state index is 0.0741. The molecule has 0 aromatic heterocycles. The Kier molecular flexibility index (Phi) is 3.73. The predicted molar refractivity (Wildman–Crippen MR) is 68.6 cm³/mol. The van der Waals surface area contributed by atoms with Crippen molar-refractivity contribution in [2.45, 2.75) is 36.0 Å². The molecule has 0 radical (unpaired) electrons. The summed E-state index contributed by atoms with van der Waals surface area (Å²) in [5, 5.41) is 2.78. The molecule has 1 fully saturated rings. The van der Waals surface area contributed by atoms with Crippen molar-refractivity contribution in [3.8, 4) is 0 Å². The van der Waals surface area contributed by atoms with Crippen LogP contribution in [0.5, 0.6) is 0 Å². The molecule has 1 aliphatic rings. The van der Waals surface area contributed by atoms with Gasteiger partial charge in [0.25, 0.3) is 0 Å². The van der Waals surface area contributed by atoms with Crippen LogP contribution in [0.4, 0.5) is 4.39 Å². The highest BCUT2D eigenvalue weighted by Crippen LogP contribution is 2.34. The summed E-state index contributed by atoms with van der Waals surface area (Å²) in [6, 6.07) is 5.34. The molecule has 3 atom stereocenters. The lowest BCUT2D eigenvalue weighted by Gasteiger charge is -2.20. The third-order valence-electron chi connectivity index (χ3n) is 3.89. The van der Waals surface area contributed by atoms with E-state index in [1.54, 1.807) is 0 Å². The molecule has 0 heterocycles. The number of sulfone groups is 1. The standard InChI is InChI=1S/C13H18FNO2S/c1-9-12(15-2)7-8-13(9)18(16,17)11-5-3-10(14)4-6-11/h3-6,9,12-13,15H,7-8H2,1-2H3. The summed E-state index contributed by atoms with van der Waals surface area (Å²) in [4.78, 5) is 0.220. The van der Waals surface area contributed by atoms with Crippen LogP contribution in [0.1, 0.15) is 19.8 Å². The SMILES string of the molecule is CNC1CCC(S(=O)(=O)c2ccc(F)cc2)C1C. The normalized spacial score (nSPS) is 28.5. The molecule has 1 aromatic rings. The van der Waals surface area contributed by atoms with E-state index in [0.717, 1.165) is 6.42 Å². The summed E-state index contributed by atoms with van der Waals surface area (Å²) in [6.45, 7) is 1.96. The van der Waals surface area contributed by atoms with Gasteiger partial charge in [-0.3, -0.25) is 0 Å². The van der Waals surface area contributed by atoms with Gasteiger partial charge in [0.15, 0.2) is 9.84 Å². The molecule has 5 heteroatoms. The second kappa shape index (κ2) is 4.97. The van der Waals surface area contributed by atoms with Gasteiger partial charge in [0.2, 0.25) is 0 Å². The molecular formula is C13H18FNO2S. The maximum Gasteiger partial charge on any atom is 0.181 e. The van der Waals surface area contributed by atoms with Crippen LogP contribution in [0.15, 0.2) is 29.2 Å². The van der Waals surface area contributed by atoms with Gasteiger partial charge in [0.1, 0.15) is 5.82 Å². The summed E-state index contributed by atoms with van der Waals surface area (Å²) < 4.78 is 37.8. The third kappa shape index (κ3) is 2.29. The maximum atomic E-state index is 12.8. The van der Waals surface area contributed by atoms with Gasteiger partial charge in [-0.25, -0.2) is 12.8 Å². The van der Waals surface area contributed by atoms with Gasteiger partial charge >= 0.3 is 0 Å². The fourth-order valence-electron chi connectivity index (χ4n) is 2.77. The maximum absolute atomic E-state index is 12.8. The average molecular weight is 271 g/mol. The summed E-state index contributed by atoms with van der Waals surface area (Å²) >= 11 is 0. The van der Waals surface area contributed by atoms with Gasteiger partial charge in [-0.15, -0.1) is 0 Å². The van der Waals surface area contributed by atoms with E-state index in [-0.39, 0.29) is 22.1 Å². The summed E-state index contributed by atoms with van der Waals surface area (Å²) in [5.74, 6) is -0.341. The van der Waals surface area contributed by atoms with Crippen LogP contribution in [0, 0.1) is 11.7 Å². The molecule has 3 nitrogen and oxygen atoms in total. The highest BCUT2D eigenvalue weighted by molar-refractivity contribution is 7.92. The molecule has 100 valence electrons. The Morgan fingerprint density at radius 3 is 2.33 bits per heavy atom. The van der Waals surface area contributed by atoms with Crippen LogP contribution >= 0.6 is 0 Å².